The summed E-state index contributed by atoms with van der Waals surface area (Å²) in [6, 6.07) is 4.44. The van der Waals surface area contributed by atoms with Gasteiger partial charge in [0.1, 0.15) is 11.4 Å². The van der Waals surface area contributed by atoms with Crippen LogP contribution in [0.5, 0.6) is 5.75 Å². The van der Waals surface area contributed by atoms with E-state index in [-0.39, 0.29) is 5.60 Å². The number of fused-ring (bicyclic) bond motifs is 1. The highest BCUT2D eigenvalue weighted by molar-refractivity contribution is 5.47. The maximum Gasteiger partial charge on any atom is 0.126 e. The lowest BCUT2D eigenvalue weighted by Crippen LogP contribution is -2.41. The molecule has 1 unspecified atom stereocenters. The molecule has 1 spiro atoms. The zero-order chi connectivity index (χ0) is 11.2. The molecule has 2 aliphatic heterocycles. The average Bonchev–Trinajstić information content (AvgIpc) is 2.73. The van der Waals surface area contributed by atoms with E-state index in [9.17, 15) is 0 Å². The van der Waals surface area contributed by atoms with Gasteiger partial charge in [-0.15, -0.1) is 0 Å². The molecule has 1 aromatic carbocycles. The first-order chi connectivity index (χ1) is 7.70. The van der Waals surface area contributed by atoms with E-state index in [1.165, 1.54) is 16.7 Å². The fraction of sp³-hybridized carbons (Fsp3) is 0.571. The van der Waals surface area contributed by atoms with Crippen LogP contribution in [0.3, 0.4) is 0 Å². The minimum absolute atomic E-state index is 0.0888. The summed E-state index contributed by atoms with van der Waals surface area (Å²) in [6.45, 7) is 6.45. The normalized spacial score (nSPS) is 27.9. The lowest BCUT2D eigenvalue weighted by molar-refractivity contribution is 0.0655. The Hall–Kier alpha value is -1.02. The third-order valence-electron chi connectivity index (χ3n) is 4.13. The van der Waals surface area contributed by atoms with E-state index >= 15 is 0 Å². The van der Waals surface area contributed by atoms with Crippen molar-refractivity contribution in [1.29, 1.82) is 0 Å². The third-order valence-corrected chi connectivity index (χ3v) is 4.13. The van der Waals surface area contributed by atoms with Gasteiger partial charge in [-0.05, 0) is 49.9 Å². The molecule has 2 nitrogen and oxygen atoms in total. The second-order valence-corrected chi connectivity index (χ2v) is 5.21. The largest absolute Gasteiger partial charge is 0.485 e. The molecule has 16 heavy (non-hydrogen) atoms. The molecule has 1 aromatic rings. The second kappa shape index (κ2) is 3.49. The Bertz CT molecular complexity index is 419. The minimum Gasteiger partial charge on any atom is -0.485 e. The van der Waals surface area contributed by atoms with Crippen molar-refractivity contribution in [3.05, 3.63) is 28.8 Å². The number of nitrogens with one attached hydrogen (secondary N) is 1. The van der Waals surface area contributed by atoms with Crippen molar-refractivity contribution in [1.82, 2.24) is 5.32 Å². The predicted octanol–water partition coefficient (Wildman–Crippen LogP) is 2.36. The standard InChI is InChI=1S/C14H19NO/c1-10-3-4-12-5-6-14(7-8-15-9-14)16-13(12)11(10)2/h3-4,15H,5-9H2,1-2H3. The molecule has 0 aliphatic carbocycles. The van der Waals surface area contributed by atoms with Gasteiger partial charge < -0.3 is 10.1 Å². The maximum absolute atomic E-state index is 6.33. The van der Waals surface area contributed by atoms with Crippen molar-refractivity contribution >= 4 is 0 Å². The van der Waals surface area contributed by atoms with Crippen molar-refractivity contribution in [2.75, 3.05) is 13.1 Å². The quantitative estimate of drug-likeness (QED) is 0.720. The first kappa shape index (κ1) is 10.2. The van der Waals surface area contributed by atoms with E-state index in [4.69, 9.17) is 4.74 Å². The molecule has 1 fully saturated rings. The van der Waals surface area contributed by atoms with Crippen LogP contribution in [0.1, 0.15) is 29.5 Å². The molecule has 0 aromatic heterocycles. The molecule has 1 atom stereocenters. The van der Waals surface area contributed by atoms with Crippen LogP contribution < -0.4 is 10.1 Å². The van der Waals surface area contributed by atoms with Crippen LogP contribution in [0.15, 0.2) is 12.1 Å². The lowest BCUT2D eigenvalue weighted by atomic mass is 9.88. The summed E-state index contributed by atoms with van der Waals surface area (Å²) in [4.78, 5) is 0. The maximum atomic E-state index is 6.33. The number of aryl methyl sites for hydroxylation is 2. The summed E-state index contributed by atoms with van der Waals surface area (Å²) in [5.74, 6) is 1.16. The van der Waals surface area contributed by atoms with Gasteiger partial charge >= 0.3 is 0 Å². The molecule has 2 heteroatoms. The van der Waals surface area contributed by atoms with Crippen molar-refractivity contribution < 1.29 is 4.74 Å². The zero-order valence-corrected chi connectivity index (χ0v) is 10.1. The van der Waals surface area contributed by atoms with Gasteiger partial charge in [-0.3, -0.25) is 0 Å². The highest BCUT2D eigenvalue weighted by atomic mass is 16.5. The summed E-state index contributed by atoms with van der Waals surface area (Å²) >= 11 is 0. The Labute approximate surface area is 97.0 Å². The van der Waals surface area contributed by atoms with Crippen LogP contribution in [0, 0.1) is 13.8 Å². The van der Waals surface area contributed by atoms with Crippen LogP contribution in [0.4, 0.5) is 0 Å². The van der Waals surface area contributed by atoms with Gasteiger partial charge in [-0.25, -0.2) is 0 Å². The molecule has 1 saturated heterocycles. The molecular formula is C14H19NO. The molecule has 2 aliphatic rings. The fourth-order valence-electron chi connectivity index (χ4n) is 2.84. The second-order valence-electron chi connectivity index (χ2n) is 5.21. The Balaban J connectivity index is 2.01. The van der Waals surface area contributed by atoms with Gasteiger partial charge in [0.25, 0.3) is 0 Å². The minimum atomic E-state index is 0.0888. The lowest BCUT2D eigenvalue weighted by Gasteiger charge is -2.36. The third kappa shape index (κ3) is 1.44. The van der Waals surface area contributed by atoms with E-state index in [1.54, 1.807) is 0 Å². The van der Waals surface area contributed by atoms with Crippen LogP contribution in [0.25, 0.3) is 0 Å². The molecule has 0 bridgehead atoms. The van der Waals surface area contributed by atoms with Gasteiger partial charge in [0, 0.05) is 13.0 Å². The van der Waals surface area contributed by atoms with Crippen LogP contribution in [0.2, 0.25) is 0 Å². The van der Waals surface area contributed by atoms with Gasteiger partial charge in [0.2, 0.25) is 0 Å². The molecule has 0 saturated carbocycles. The van der Waals surface area contributed by atoms with Crippen LogP contribution in [-0.4, -0.2) is 18.7 Å². The van der Waals surface area contributed by atoms with Gasteiger partial charge in [0.15, 0.2) is 0 Å². The van der Waals surface area contributed by atoms with Gasteiger partial charge in [-0.1, -0.05) is 12.1 Å². The summed E-state index contributed by atoms with van der Waals surface area (Å²) in [7, 11) is 0. The van der Waals surface area contributed by atoms with E-state index < -0.39 is 0 Å². The molecular weight excluding hydrogens is 198 g/mol. The van der Waals surface area contributed by atoms with Crippen molar-refractivity contribution in [3.8, 4) is 5.75 Å². The zero-order valence-electron chi connectivity index (χ0n) is 10.1. The highest BCUT2D eigenvalue weighted by Gasteiger charge is 2.39. The SMILES string of the molecule is Cc1ccc2c(c1C)OC1(CCNC1)CC2. The molecule has 0 amide bonds. The topological polar surface area (TPSA) is 21.3 Å². The number of benzene rings is 1. The first-order valence-corrected chi connectivity index (χ1v) is 6.19. The Morgan fingerprint density at radius 1 is 1.25 bits per heavy atom. The molecule has 86 valence electrons. The average molecular weight is 217 g/mol. The summed E-state index contributed by atoms with van der Waals surface area (Å²) in [5.41, 5.74) is 4.14. The predicted molar refractivity (Wildman–Crippen MR) is 65.1 cm³/mol. The Morgan fingerprint density at radius 2 is 2.12 bits per heavy atom. The molecule has 1 N–H and O–H groups in total. The highest BCUT2D eigenvalue weighted by Crippen LogP contribution is 2.39. The Morgan fingerprint density at radius 3 is 2.88 bits per heavy atom. The van der Waals surface area contributed by atoms with Crippen molar-refractivity contribution in [2.45, 2.75) is 38.7 Å². The Kier molecular flexibility index (Phi) is 2.21. The number of rotatable bonds is 0. The monoisotopic (exact) mass is 217 g/mol. The van der Waals surface area contributed by atoms with Gasteiger partial charge in [0.05, 0.1) is 0 Å². The molecule has 0 radical (unpaired) electrons. The van der Waals surface area contributed by atoms with E-state index in [0.29, 0.717) is 0 Å². The number of ether oxygens (including phenoxy) is 1. The van der Waals surface area contributed by atoms with Crippen molar-refractivity contribution in [2.24, 2.45) is 0 Å². The summed E-state index contributed by atoms with van der Waals surface area (Å²) in [5, 5.41) is 3.42. The number of hydrogen-bond acceptors (Lipinski definition) is 2. The molecule has 3 rings (SSSR count). The van der Waals surface area contributed by atoms with E-state index in [1.807, 2.05) is 0 Å². The van der Waals surface area contributed by atoms with E-state index in [2.05, 4.69) is 31.3 Å². The van der Waals surface area contributed by atoms with Crippen LogP contribution in [-0.2, 0) is 6.42 Å². The van der Waals surface area contributed by atoms with E-state index in [0.717, 1.165) is 38.1 Å². The summed E-state index contributed by atoms with van der Waals surface area (Å²) in [6.07, 6.45) is 3.48. The van der Waals surface area contributed by atoms with Crippen molar-refractivity contribution in [3.63, 3.8) is 0 Å². The van der Waals surface area contributed by atoms with Gasteiger partial charge in [-0.2, -0.15) is 0 Å². The fourth-order valence-corrected chi connectivity index (χ4v) is 2.84. The molecule has 2 heterocycles. The number of hydrogen-bond donors (Lipinski definition) is 1. The summed E-state index contributed by atoms with van der Waals surface area (Å²) < 4.78 is 6.33. The smallest absolute Gasteiger partial charge is 0.126 e. The first-order valence-electron chi connectivity index (χ1n) is 6.19. The van der Waals surface area contributed by atoms with Crippen LogP contribution >= 0.6 is 0 Å².